The van der Waals surface area contributed by atoms with Gasteiger partial charge in [-0.05, 0) is 19.8 Å². The second-order valence-corrected chi connectivity index (χ2v) is 6.74. The molecule has 2 aliphatic heterocycles. The van der Waals surface area contributed by atoms with Crippen molar-refractivity contribution in [1.82, 2.24) is 24.6 Å². The number of likely N-dealkylation sites (tertiary alicyclic amines) is 1. The number of ether oxygens (including phenoxy) is 2. The van der Waals surface area contributed by atoms with E-state index in [0.29, 0.717) is 13.2 Å². The highest BCUT2D eigenvalue weighted by atomic mass is 16.5. The van der Waals surface area contributed by atoms with Crippen molar-refractivity contribution in [2.24, 2.45) is 7.05 Å². The number of carbonyl (C=O) groups is 1. The van der Waals surface area contributed by atoms with Crippen LogP contribution in [0.25, 0.3) is 0 Å². The summed E-state index contributed by atoms with van der Waals surface area (Å²) in [6.45, 7) is 8.39. The van der Waals surface area contributed by atoms with Gasteiger partial charge >= 0.3 is 0 Å². The summed E-state index contributed by atoms with van der Waals surface area (Å²) in [6.07, 6.45) is 2.04. The molecule has 0 aliphatic carbocycles. The van der Waals surface area contributed by atoms with Gasteiger partial charge in [-0.3, -0.25) is 9.69 Å². The van der Waals surface area contributed by atoms with Gasteiger partial charge in [-0.15, -0.1) is 10.2 Å². The molecule has 0 aromatic carbocycles. The minimum Gasteiger partial charge on any atom is -0.379 e. The molecule has 2 saturated heterocycles. The fourth-order valence-electron chi connectivity index (χ4n) is 3.52. The predicted molar refractivity (Wildman–Crippen MR) is 92.1 cm³/mol. The summed E-state index contributed by atoms with van der Waals surface area (Å²) in [4.78, 5) is 16.5. The first kappa shape index (κ1) is 18.3. The third-order valence-electron chi connectivity index (χ3n) is 5.04. The van der Waals surface area contributed by atoms with E-state index in [1.54, 1.807) is 0 Å². The lowest BCUT2D eigenvalue weighted by Gasteiger charge is -2.32. The third-order valence-corrected chi connectivity index (χ3v) is 5.04. The van der Waals surface area contributed by atoms with Crippen LogP contribution in [0.5, 0.6) is 0 Å². The average molecular weight is 351 g/mol. The van der Waals surface area contributed by atoms with E-state index in [4.69, 9.17) is 9.47 Å². The van der Waals surface area contributed by atoms with E-state index in [2.05, 4.69) is 19.7 Å². The van der Waals surface area contributed by atoms with Gasteiger partial charge in [0.15, 0.2) is 0 Å². The standard InChI is InChI=1S/C17H29N5O3/c1-3-24-13-16(23)22-6-4-5-14(11-22)17-19-18-15(20(17)2)12-21-7-9-25-10-8-21/h14H,3-13H2,1-2H3/t14-/m0/s1. The molecule has 0 bridgehead atoms. The third kappa shape index (κ3) is 4.56. The van der Waals surface area contributed by atoms with Crippen LogP contribution in [-0.4, -0.2) is 83.1 Å². The topological polar surface area (TPSA) is 72.7 Å². The van der Waals surface area contributed by atoms with Gasteiger partial charge < -0.3 is 18.9 Å². The van der Waals surface area contributed by atoms with Crippen LogP contribution in [0.4, 0.5) is 0 Å². The molecule has 2 aliphatic rings. The summed E-state index contributed by atoms with van der Waals surface area (Å²) in [5, 5.41) is 8.85. The molecule has 0 radical (unpaired) electrons. The lowest BCUT2D eigenvalue weighted by atomic mass is 9.97. The molecule has 0 N–H and O–H groups in total. The highest BCUT2D eigenvalue weighted by Crippen LogP contribution is 2.26. The van der Waals surface area contributed by atoms with Gasteiger partial charge in [0.1, 0.15) is 18.3 Å². The van der Waals surface area contributed by atoms with Crippen molar-refractivity contribution in [3.8, 4) is 0 Å². The Balaban J connectivity index is 1.62. The molecular formula is C17H29N5O3. The second kappa shape index (κ2) is 8.73. The Morgan fingerprint density at radius 3 is 2.84 bits per heavy atom. The molecule has 8 heteroatoms. The number of nitrogens with zero attached hydrogens (tertiary/aromatic N) is 5. The Labute approximate surface area is 149 Å². The number of morpholine rings is 1. The summed E-state index contributed by atoms with van der Waals surface area (Å²) >= 11 is 0. The summed E-state index contributed by atoms with van der Waals surface area (Å²) in [6, 6.07) is 0. The molecular weight excluding hydrogens is 322 g/mol. The van der Waals surface area contributed by atoms with Crippen molar-refractivity contribution in [2.75, 3.05) is 52.6 Å². The quantitative estimate of drug-likeness (QED) is 0.738. The minimum absolute atomic E-state index is 0.0715. The van der Waals surface area contributed by atoms with E-state index >= 15 is 0 Å². The maximum atomic E-state index is 12.2. The Morgan fingerprint density at radius 1 is 1.28 bits per heavy atom. The molecule has 1 atom stereocenters. The number of carbonyl (C=O) groups excluding carboxylic acids is 1. The van der Waals surface area contributed by atoms with Crippen LogP contribution in [0, 0.1) is 0 Å². The molecule has 3 heterocycles. The first-order valence-electron chi connectivity index (χ1n) is 9.22. The van der Waals surface area contributed by atoms with Crippen LogP contribution in [-0.2, 0) is 27.9 Å². The highest BCUT2D eigenvalue weighted by Gasteiger charge is 2.28. The summed E-state index contributed by atoms with van der Waals surface area (Å²) in [7, 11) is 2.03. The fraction of sp³-hybridized carbons (Fsp3) is 0.824. The Morgan fingerprint density at radius 2 is 2.08 bits per heavy atom. The Bertz CT molecular complexity index is 571. The zero-order valence-corrected chi connectivity index (χ0v) is 15.3. The largest absolute Gasteiger partial charge is 0.379 e. The molecule has 8 nitrogen and oxygen atoms in total. The Hall–Kier alpha value is -1.51. The van der Waals surface area contributed by atoms with Gasteiger partial charge in [0.2, 0.25) is 5.91 Å². The van der Waals surface area contributed by atoms with Gasteiger partial charge in [0, 0.05) is 45.8 Å². The maximum absolute atomic E-state index is 12.2. The lowest BCUT2D eigenvalue weighted by molar-refractivity contribution is -0.137. The predicted octanol–water partition coefficient (Wildman–Crippen LogP) is 0.390. The van der Waals surface area contributed by atoms with Gasteiger partial charge in [-0.1, -0.05) is 0 Å². The van der Waals surface area contributed by atoms with Crippen molar-refractivity contribution in [3.63, 3.8) is 0 Å². The van der Waals surface area contributed by atoms with Crippen molar-refractivity contribution < 1.29 is 14.3 Å². The van der Waals surface area contributed by atoms with Gasteiger partial charge in [0.05, 0.1) is 19.8 Å². The van der Waals surface area contributed by atoms with Crippen LogP contribution in [0.2, 0.25) is 0 Å². The number of rotatable bonds is 6. The monoisotopic (exact) mass is 351 g/mol. The second-order valence-electron chi connectivity index (χ2n) is 6.74. The van der Waals surface area contributed by atoms with E-state index < -0.39 is 0 Å². The van der Waals surface area contributed by atoms with E-state index in [1.807, 2.05) is 18.9 Å². The Kier molecular flexibility index (Phi) is 6.39. The molecule has 0 saturated carbocycles. The average Bonchev–Trinajstić information content (AvgIpc) is 3.01. The van der Waals surface area contributed by atoms with Crippen LogP contribution in [0.1, 0.15) is 37.3 Å². The van der Waals surface area contributed by atoms with E-state index in [0.717, 1.165) is 63.9 Å². The molecule has 25 heavy (non-hydrogen) atoms. The smallest absolute Gasteiger partial charge is 0.248 e. The fourth-order valence-corrected chi connectivity index (χ4v) is 3.52. The molecule has 140 valence electrons. The molecule has 0 unspecified atom stereocenters. The van der Waals surface area contributed by atoms with Crippen molar-refractivity contribution in [3.05, 3.63) is 11.6 Å². The normalized spacial score (nSPS) is 22.3. The molecule has 3 rings (SSSR count). The van der Waals surface area contributed by atoms with Crippen molar-refractivity contribution in [1.29, 1.82) is 0 Å². The van der Waals surface area contributed by atoms with E-state index in [9.17, 15) is 4.79 Å². The van der Waals surface area contributed by atoms with E-state index in [1.165, 1.54) is 0 Å². The number of aromatic nitrogens is 3. The molecule has 2 fully saturated rings. The first-order valence-corrected chi connectivity index (χ1v) is 9.22. The van der Waals surface area contributed by atoms with Crippen LogP contribution >= 0.6 is 0 Å². The molecule has 1 aromatic rings. The van der Waals surface area contributed by atoms with Crippen LogP contribution in [0.15, 0.2) is 0 Å². The first-order chi connectivity index (χ1) is 12.2. The summed E-state index contributed by atoms with van der Waals surface area (Å²) < 4.78 is 12.8. The molecule has 1 amide bonds. The van der Waals surface area contributed by atoms with Gasteiger partial charge in [-0.2, -0.15) is 0 Å². The van der Waals surface area contributed by atoms with Gasteiger partial charge in [0.25, 0.3) is 0 Å². The number of hydrogen-bond donors (Lipinski definition) is 0. The zero-order valence-electron chi connectivity index (χ0n) is 15.3. The number of amides is 1. The molecule has 0 spiro atoms. The zero-order chi connectivity index (χ0) is 17.6. The van der Waals surface area contributed by atoms with Gasteiger partial charge in [-0.25, -0.2) is 0 Å². The number of hydrogen-bond acceptors (Lipinski definition) is 6. The maximum Gasteiger partial charge on any atom is 0.248 e. The summed E-state index contributed by atoms with van der Waals surface area (Å²) in [5.41, 5.74) is 0. The molecule has 1 aromatic heterocycles. The number of piperidine rings is 1. The van der Waals surface area contributed by atoms with Crippen LogP contribution in [0.3, 0.4) is 0 Å². The minimum atomic E-state index is 0.0715. The van der Waals surface area contributed by atoms with Crippen molar-refractivity contribution >= 4 is 5.91 Å². The van der Waals surface area contributed by atoms with Crippen LogP contribution < -0.4 is 0 Å². The van der Waals surface area contributed by atoms with E-state index in [-0.39, 0.29) is 18.4 Å². The van der Waals surface area contributed by atoms with Crippen molar-refractivity contribution in [2.45, 2.75) is 32.2 Å². The SMILES string of the molecule is CCOCC(=O)N1CCC[C@H](c2nnc(CN3CCOCC3)n2C)C1. The highest BCUT2D eigenvalue weighted by molar-refractivity contribution is 5.77. The lowest BCUT2D eigenvalue weighted by Crippen LogP contribution is -2.41. The summed E-state index contributed by atoms with van der Waals surface area (Å²) in [5.74, 6) is 2.28.